The molecule has 0 aliphatic rings. The first kappa shape index (κ1) is 15.9. The van der Waals surface area contributed by atoms with Crippen molar-refractivity contribution in [2.24, 2.45) is 5.73 Å². The summed E-state index contributed by atoms with van der Waals surface area (Å²) in [7, 11) is 2.18. The quantitative estimate of drug-likeness (QED) is 0.627. The van der Waals surface area contributed by atoms with E-state index in [0.29, 0.717) is 0 Å². The lowest BCUT2D eigenvalue weighted by Crippen LogP contribution is -2.42. The highest BCUT2D eigenvalue weighted by molar-refractivity contribution is 4.79. The van der Waals surface area contributed by atoms with Gasteiger partial charge in [-0.2, -0.15) is 0 Å². The van der Waals surface area contributed by atoms with Crippen LogP contribution in [0.25, 0.3) is 0 Å². The highest BCUT2D eigenvalue weighted by Gasteiger charge is 2.21. The van der Waals surface area contributed by atoms with Gasteiger partial charge in [-0.1, -0.05) is 13.3 Å². The highest BCUT2D eigenvalue weighted by atomic mass is 16.3. The van der Waals surface area contributed by atoms with Crippen LogP contribution in [-0.4, -0.2) is 41.3 Å². The maximum absolute atomic E-state index is 9.03. The van der Waals surface area contributed by atoms with Gasteiger partial charge in [-0.3, -0.25) is 0 Å². The van der Waals surface area contributed by atoms with E-state index < -0.39 is 5.54 Å². The number of nitrogens with zero attached hydrogens (tertiary/aromatic N) is 1. The van der Waals surface area contributed by atoms with Gasteiger partial charge in [0.1, 0.15) is 0 Å². The monoisotopic (exact) mass is 230 g/mol. The van der Waals surface area contributed by atoms with E-state index in [2.05, 4.69) is 32.7 Å². The average Bonchev–Trinajstić information content (AvgIpc) is 2.24. The minimum absolute atomic E-state index is 0.0727. The zero-order valence-electron chi connectivity index (χ0n) is 11.7. The molecule has 0 aromatic heterocycles. The molecule has 0 aliphatic heterocycles. The van der Waals surface area contributed by atoms with Gasteiger partial charge in [0.2, 0.25) is 0 Å². The predicted molar refractivity (Wildman–Crippen MR) is 70.5 cm³/mol. The van der Waals surface area contributed by atoms with Gasteiger partial charge in [0, 0.05) is 11.1 Å². The van der Waals surface area contributed by atoms with Crippen LogP contribution in [0.1, 0.15) is 53.4 Å². The highest BCUT2D eigenvalue weighted by Crippen LogP contribution is 2.17. The van der Waals surface area contributed by atoms with E-state index in [-0.39, 0.29) is 12.1 Å². The van der Waals surface area contributed by atoms with Crippen LogP contribution in [-0.2, 0) is 0 Å². The number of nitrogens with two attached hydrogens (primary N) is 1. The van der Waals surface area contributed by atoms with Crippen molar-refractivity contribution in [1.29, 1.82) is 0 Å². The van der Waals surface area contributed by atoms with Crippen molar-refractivity contribution in [2.45, 2.75) is 64.5 Å². The van der Waals surface area contributed by atoms with Crippen molar-refractivity contribution in [1.82, 2.24) is 4.90 Å². The van der Waals surface area contributed by atoms with E-state index in [9.17, 15) is 0 Å². The molecule has 0 fully saturated rings. The molecule has 0 aromatic carbocycles. The van der Waals surface area contributed by atoms with Crippen LogP contribution >= 0.6 is 0 Å². The largest absolute Gasteiger partial charge is 0.394 e. The van der Waals surface area contributed by atoms with E-state index in [4.69, 9.17) is 10.8 Å². The molecule has 16 heavy (non-hydrogen) atoms. The summed E-state index contributed by atoms with van der Waals surface area (Å²) in [6.07, 6.45) is 4.28. The molecule has 0 bridgehead atoms. The summed E-state index contributed by atoms with van der Waals surface area (Å²) in [6, 6.07) is 0. The van der Waals surface area contributed by atoms with E-state index in [1.165, 1.54) is 0 Å². The Morgan fingerprint density at radius 3 is 2.19 bits per heavy atom. The molecule has 1 atom stereocenters. The fourth-order valence-corrected chi connectivity index (χ4v) is 1.53. The molecule has 0 heterocycles. The van der Waals surface area contributed by atoms with Gasteiger partial charge in [0.05, 0.1) is 6.61 Å². The second-order valence-corrected chi connectivity index (χ2v) is 5.86. The van der Waals surface area contributed by atoms with E-state index in [1.807, 2.05) is 6.92 Å². The van der Waals surface area contributed by atoms with Crippen molar-refractivity contribution in [3.63, 3.8) is 0 Å². The van der Waals surface area contributed by atoms with Crippen molar-refractivity contribution >= 4 is 0 Å². The zero-order chi connectivity index (χ0) is 12.8. The Hall–Kier alpha value is -0.120. The first-order valence-electron chi connectivity index (χ1n) is 6.36. The van der Waals surface area contributed by atoms with Crippen LogP contribution < -0.4 is 5.73 Å². The second kappa shape index (κ2) is 6.58. The first-order chi connectivity index (χ1) is 7.25. The molecule has 1 unspecified atom stereocenters. The Morgan fingerprint density at radius 1 is 1.19 bits per heavy atom. The van der Waals surface area contributed by atoms with Gasteiger partial charge in [0.15, 0.2) is 0 Å². The maximum atomic E-state index is 9.03. The molecular formula is C13H30N2O. The third-order valence-electron chi connectivity index (χ3n) is 3.75. The summed E-state index contributed by atoms with van der Waals surface area (Å²) in [6.45, 7) is 9.85. The molecule has 0 aliphatic carbocycles. The fraction of sp³-hybridized carbons (Fsp3) is 1.00. The lowest BCUT2D eigenvalue weighted by molar-refractivity contribution is 0.144. The van der Waals surface area contributed by atoms with Gasteiger partial charge in [-0.25, -0.2) is 0 Å². The van der Waals surface area contributed by atoms with Gasteiger partial charge < -0.3 is 15.7 Å². The third kappa shape index (κ3) is 5.83. The standard InChI is InChI=1S/C13H30N2O/c1-6-12(2,3)15(5)10-8-7-9-13(4,14)11-16/h16H,6-11,14H2,1-5H3. The Balaban J connectivity index is 3.75. The summed E-state index contributed by atoms with van der Waals surface area (Å²) < 4.78 is 0. The van der Waals surface area contributed by atoms with E-state index in [1.54, 1.807) is 0 Å². The molecule has 0 spiro atoms. The van der Waals surface area contributed by atoms with Gasteiger partial charge in [-0.05, 0) is 53.6 Å². The molecular weight excluding hydrogens is 200 g/mol. The summed E-state index contributed by atoms with van der Waals surface area (Å²) in [5.74, 6) is 0. The van der Waals surface area contributed by atoms with Crippen LogP contribution in [0.3, 0.4) is 0 Å². The Bertz CT molecular complexity index is 190. The summed E-state index contributed by atoms with van der Waals surface area (Å²) in [4.78, 5) is 2.40. The molecule has 3 N–H and O–H groups in total. The molecule has 3 nitrogen and oxygen atoms in total. The number of unbranched alkanes of at least 4 members (excludes halogenated alkanes) is 1. The Morgan fingerprint density at radius 2 is 1.75 bits per heavy atom. The molecule has 0 amide bonds. The summed E-state index contributed by atoms with van der Waals surface area (Å²) in [5, 5.41) is 9.03. The minimum atomic E-state index is -0.404. The first-order valence-corrected chi connectivity index (χ1v) is 6.36. The van der Waals surface area contributed by atoms with Crippen LogP contribution in [0, 0.1) is 0 Å². The zero-order valence-corrected chi connectivity index (χ0v) is 11.7. The molecule has 0 aromatic rings. The molecule has 0 radical (unpaired) electrons. The van der Waals surface area contributed by atoms with E-state index in [0.717, 1.165) is 32.2 Å². The number of aliphatic hydroxyl groups excluding tert-OH is 1. The van der Waals surface area contributed by atoms with E-state index >= 15 is 0 Å². The van der Waals surface area contributed by atoms with Crippen molar-refractivity contribution < 1.29 is 5.11 Å². The summed E-state index contributed by atoms with van der Waals surface area (Å²) >= 11 is 0. The SMILES string of the molecule is CCC(C)(C)N(C)CCCCC(C)(N)CO. The molecule has 0 saturated carbocycles. The third-order valence-corrected chi connectivity index (χ3v) is 3.75. The number of hydrogen-bond donors (Lipinski definition) is 2. The molecule has 0 rings (SSSR count). The van der Waals surface area contributed by atoms with Crippen molar-refractivity contribution in [3.8, 4) is 0 Å². The topological polar surface area (TPSA) is 49.5 Å². The number of rotatable bonds is 8. The fourth-order valence-electron chi connectivity index (χ4n) is 1.53. The normalized spacial score (nSPS) is 16.5. The van der Waals surface area contributed by atoms with Crippen LogP contribution in [0.5, 0.6) is 0 Å². The lowest BCUT2D eigenvalue weighted by atomic mass is 9.96. The molecule has 0 saturated heterocycles. The smallest absolute Gasteiger partial charge is 0.0608 e. The minimum Gasteiger partial charge on any atom is -0.394 e. The average molecular weight is 230 g/mol. The van der Waals surface area contributed by atoms with Crippen molar-refractivity contribution in [3.05, 3.63) is 0 Å². The van der Waals surface area contributed by atoms with Crippen LogP contribution in [0.4, 0.5) is 0 Å². The Labute approximate surface area is 101 Å². The van der Waals surface area contributed by atoms with Gasteiger partial charge in [0.25, 0.3) is 0 Å². The second-order valence-electron chi connectivity index (χ2n) is 5.86. The number of hydrogen-bond acceptors (Lipinski definition) is 3. The molecule has 3 heteroatoms. The number of aliphatic hydroxyl groups is 1. The summed E-state index contributed by atoms with van der Waals surface area (Å²) in [5.41, 5.74) is 5.76. The molecule has 98 valence electrons. The van der Waals surface area contributed by atoms with Gasteiger partial charge >= 0.3 is 0 Å². The maximum Gasteiger partial charge on any atom is 0.0608 e. The lowest BCUT2D eigenvalue weighted by Gasteiger charge is -2.35. The van der Waals surface area contributed by atoms with Crippen molar-refractivity contribution in [2.75, 3.05) is 20.2 Å². The van der Waals surface area contributed by atoms with Crippen LogP contribution in [0.15, 0.2) is 0 Å². The van der Waals surface area contributed by atoms with Gasteiger partial charge in [-0.15, -0.1) is 0 Å². The van der Waals surface area contributed by atoms with Crippen LogP contribution in [0.2, 0.25) is 0 Å². The predicted octanol–water partition coefficient (Wildman–Crippen LogP) is 1.99. The Kier molecular flexibility index (Phi) is 6.53.